The maximum atomic E-state index is 12.7. The second-order valence-corrected chi connectivity index (χ2v) is 5.33. The van der Waals surface area contributed by atoms with Gasteiger partial charge in [0.15, 0.2) is 0 Å². The molecule has 3 rings (SSSR count). The van der Waals surface area contributed by atoms with Crippen molar-refractivity contribution in [1.29, 1.82) is 0 Å². The minimum atomic E-state index is -0.369. The van der Waals surface area contributed by atoms with Crippen LogP contribution in [0, 0.1) is 5.82 Å². The first-order valence-corrected chi connectivity index (χ1v) is 6.90. The molecule has 2 atom stereocenters. The fourth-order valence-corrected chi connectivity index (χ4v) is 3.26. The Morgan fingerprint density at radius 3 is 2.68 bits per heavy atom. The minimum Gasteiger partial charge on any atom is -0.361 e. The summed E-state index contributed by atoms with van der Waals surface area (Å²) in [7, 11) is 0. The van der Waals surface area contributed by atoms with E-state index in [0.717, 1.165) is 31.9 Å². The van der Waals surface area contributed by atoms with Crippen LogP contribution < -0.4 is 5.32 Å². The van der Waals surface area contributed by atoms with Crippen molar-refractivity contribution in [3.8, 4) is 0 Å². The number of halogens is 1. The monoisotopic (exact) mass is 263 g/mol. The normalized spacial score (nSPS) is 25.4. The Hall–Kier alpha value is -1.65. The zero-order valence-electron chi connectivity index (χ0n) is 10.8. The number of rotatable bonds is 3. The molecule has 1 aromatic heterocycles. The first-order chi connectivity index (χ1) is 9.24. The van der Waals surface area contributed by atoms with Crippen molar-refractivity contribution in [2.24, 2.45) is 0 Å². The molecule has 4 nitrogen and oxygen atoms in total. The molecule has 2 unspecified atom stereocenters. The Balaban J connectivity index is 1.58. The second-order valence-electron chi connectivity index (χ2n) is 5.33. The molecule has 0 aromatic carbocycles. The number of anilines is 1. The highest BCUT2D eigenvalue weighted by Gasteiger charge is 2.38. The van der Waals surface area contributed by atoms with E-state index < -0.39 is 0 Å². The maximum Gasteiger partial charge on any atom is 0.242 e. The summed E-state index contributed by atoms with van der Waals surface area (Å²) in [5.74, 6) is 0.309. The quantitative estimate of drug-likeness (QED) is 0.909. The van der Waals surface area contributed by atoms with Crippen molar-refractivity contribution in [3.63, 3.8) is 0 Å². The number of piperidine rings is 1. The van der Waals surface area contributed by atoms with Crippen molar-refractivity contribution in [2.45, 2.75) is 44.2 Å². The van der Waals surface area contributed by atoms with Crippen molar-refractivity contribution in [1.82, 2.24) is 9.88 Å². The molecule has 0 radical (unpaired) electrons. The summed E-state index contributed by atoms with van der Waals surface area (Å²) in [5, 5.41) is 2.97. The molecule has 0 spiro atoms. The first kappa shape index (κ1) is 12.4. The van der Waals surface area contributed by atoms with Gasteiger partial charge in [-0.3, -0.25) is 4.79 Å². The zero-order valence-corrected chi connectivity index (χ0v) is 10.8. The first-order valence-electron chi connectivity index (χ1n) is 6.90. The fraction of sp³-hybridized carbons (Fsp3) is 0.571. The van der Waals surface area contributed by atoms with Crippen LogP contribution >= 0.6 is 0 Å². The zero-order chi connectivity index (χ0) is 13.2. The smallest absolute Gasteiger partial charge is 0.242 e. The molecular weight excluding hydrogens is 245 g/mol. The standard InChI is InChI=1S/C14H18FN3O/c15-10-4-7-13(16-8-10)17-9-14(19)18-11-2-1-3-12(18)6-5-11/h4,7-8,11-12H,1-3,5-6,9H2,(H,16,17). The molecule has 0 aliphatic carbocycles. The van der Waals surface area contributed by atoms with E-state index in [1.54, 1.807) is 6.07 Å². The van der Waals surface area contributed by atoms with Crippen LogP contribution in [0.15, 0.2) is 18.3 Å². The number of fused-ring (bicyclic) bond motifs is 2. The van der Waals surface area contributed by atoms with Gasteiger partial charge in [-0.05, 0) is 44.2 Å². The highest BCUT2D eigenvalue weighted by Crippen LogP contribution is 2.35. The number of pyridine rings is 1. The lowest BCUT2D eigenvalue weighted by atomic mass is 10.0. The number of nitrogens with one attached hydrogen (secondary N) is 1. The van der Waals surface area contributed by atoms with E-state index >= 15 is 0 Å². The van der Waals surface area contributed by atoms with Gasteiger partial charge in [0.1, 0.15) is 11.6 Å². The molecule has 1 aromatic rings. The van der Waals surface area contributed by atoms with Crippen LogP contribution in [0.1, 0.15) is 32.1 Å². The predicted molar refractivity (Wildman–Crippen MR) is 70.2 cm³/mol. The van der Waals surface area contributed by atoms with E-state index in [1.165, 1.54) is 12.5 Å². The third-order valence-electron chi connectivity index (χ3n) is 4.13. The molecule has 2 saturated heterocycles. The largest absolute Gasteiger partial charge is 0.361 e. The van der Waals surface area contributed by atoms with Crippen molar-refractivity contribution in [2.75, 3.05) is 11.9 Å². The summed E-state index contributed by atoms with van der Waals surface area (Å²) in [6.07, 6.45) is 6.95. The molecule has 1 N–H and O–H groups in total. The summed E-state index contributed by atoms with van der Waals surface area (Å²) in [5.41, 5.74) is 0. The molecule has 3 heterocycles. The highest BCUT2D eigenvalue weighted by molar-refractivity contribution is 5.81. The van der Waals surface area contributed by atoms with Crippen LogP contribution in [-0.4, -0.2) is 34.4 Å². The molecular formula is C14H18FN3O. The van der Waals surface area contributed by atoms with Gasteiger partial charge in [0.2, 0.25) is 5.91 Å². The van der Waals surface area contributed by atoms with Crippen molar-refractivity contribution < 1.29 is 9.18 Å². The third-order valence-corrected chi connectivity index (χ3v) is 4.13. The van der Waals surface area contributed by atoms with Gasteiger partial charge in [0, 0.05) is 12.1 Å². The van der Waals surface area contributed by atoms with Gasteiger partial charge < -0.3 is 10.2 Å². The molecule has 0 saturated carbocycles. The van der Waals surface area contributed by atoms with Crippen LogP contribution in [0.2, 0.25) is 0 Å². The Labute approximate surface area is 112 Å². The van der Waals surface area contributed by atoms with Crippen molar-refractivity contribution >= 4 is 11.7 Å². The molecule has 1 amide bonds. The lowest BCUT2D eigenvalue weighted by Crippen LogP contribution is -2.46. The van der Waals surface area contributed by atoms with Gasteiger partial charge >= 0.3 is 0 Å². The van der Waals surface area contributed by atoms with E-state index in [0.29, 0.717) is 17.9 Å². The topological polar surface area (TPSA) is 45.2 Å². The molecule has 2 bridgehead atoms. The third kappa shape index (κ3) is 2.55. The summed E-state index contributed by atoms with van der Waals surface area (Å²) < 4.78 is 12.7. The van der Waals surface area contributed by atoms with Crippen LogP contribution in [-0.2, 0) is 4.79 Å². The fourth-order valence-electron chi connectivity index (χ4n) is 3.26. The Bertz CT molecular complexity index is 446. The molecule has 5 heteroatoms. The number of nitrogens with zero attached hydrogens (tertiary/aromatic N) is 2. The van der Waals surface area contributed by atoms with Gasteiger partial charge in [0.25, 0.3) is 0 Å². The van der Waals surface area contributed by atoms with Crippen LogP contribution in [0.4, 0.5) is 10.2 Å². The number of carbonyl (C=O) groups excluding carboxylic acids is 1. The molecule has 2 aliphatic rings. The van der Waals surface area contributed by atoms with Crippen LogP contribution in [0.25, 0.3) is 0 Å². The minimum absolute atomic E-state index is 0.137. The Morgan fingerprint density at radius 2 is 2.05 bits per heavy atom. The molecule has 2 fully saturated rings. The van der Waals surface area contributed by atoms with Crippen LogP contribution in [0.5, 0.6) is 0 Å². The van der Waals surface area contributed by atoms with Crippen molar-refractivity contribution in [3.05, 3.63) is 24.1 Å². The Kier molecular flexibility index (Phi) is 3.36. The van der Waals surface area contributed by atoms with Crippen LogP contribution in [0.3, 0.4) is 0 Å². The summed E-state index contributed by atoms with van der Waals surface area (Å²) >= 11 is 0. The van der Waals surface area contributed by atoms with Gasteiger partial charge in [-0.25, -0.2) is 9.37 Å². The van der Waals surface area contributed by atoms with E-state index in [1.807, 2.05) is 0 Å². The van der Waals surface area contributed by atoms with Gasteiger partial charge in [-0.2, -0.15) is 0 Å². The SMILES string of the molecule is O=C(CNc1ccc(F)cn1)N1C2CCCC1CC2. The number of hydrogen-bond acceptors (Lipinski definition) is 3. The summed E-state index contributed by atoms with van der Waals surface area (Å²) in [6, 6.07) is 3.76. The lowest BCUT2D eigenvalue weighted by Gasteiger charge is -2.34. The molecule has 19 heavy (non-hydrogen) atoms. The maximum absolute atomic E-state index is 12.7. The van der Waals surface area contributed by atoms with Gasteiger partial charge in [0.05, 0.1) is 12.7 Å². The average molecular weight is 263 g/mol. The highest BCUT2D eigenvalue weighted by atomic mass is 19.1. The average Bonchev–Trinajstić information content (AvgIpc) is 2.67. The summed E-state index contributed by atoms with van der Waals surface area (Å²) in [4.78, 5) is 18.2. The van der Waals surface area contributed by atoms with E-state index in [2.05, 4.69) is 15.2 Å². The van der Waals surface area contributed by atoms with Gasteiger partial charge in [-0.1, -0.05) is 0 Å². The Morgan fingerprint density at radius 1 is 1.32 bits per heavy atom. The molecule has 102 valence electrons. The number of carbonyl (C=O) groups is 1. The van der Waals surface area contributed by atoms with E-state index in [-0.39, 0.29) is 18.3 Å². The summed E-state index contributed by atoms with van der Waals surface area (Å²) in [6.45, 7) is 0.242. The molecule has 2 aliphatic heterocycles. The predicted octanol–water partition coefficient (Wildman–Crippen LogP) is 2.18. The number of amides is 1. The van der Waals surface area contributed by atoms with E-state index in [4.69, 9.17) is 0 Å². The lowest BCUT2D eigenvalue weighted by molar-refractivity contribution is -0.133. The van der Waals surface area contributed by atoms with E-state index in [9.17, 15) is 9.18 Å². The second kappa shape index (κ2) is 5.15. The number of aromatic nitrogens is 1. The number of hydrogen-bond donors (Lipinski definition) is 1. The van der Waals surface area contributed by atoms with Gasteiger partial charge in [-0.15, -0.1) is 0 Å².